The fourth-order valence-corrected chi connectivity index (χ4v) is 0.204. The summed E-state index contributed by atoms with van der Waals surface area (Å²) in [7, 11) is 0. The molecule has 0 heterocycles. The summed E-state index contributed by atoms with van der Waals surface area (Å²) in [5.41, 5.74) is 0. The molecule has 0 saturated carbocycles. The first-order valence-corrected chi connectivity index (χ1v) is 1.97. The third-order valence-corrected chi connectivity index (χ3v) is 0.454. The van der Waals surface area contributed by atoms with Gasteiger partial charge in [-0.2, -0.15) is 0 Å². The molecule has 0 aromatic rings. The van der Waals surface area contributed by atoms with E-state index in [1.54, 1.807) is 6.92 Å². The van der Waals surface area contributed by atoms with Crippen molar-refractivity contribution in [1.82, 2.24) is 0 Å². The number of aliphatic carboxylic acids is 1. The molecule has 0 aliphatic carbocycles. The van der Waals surface area contributed by atoms with E-state index in [1.165, 1.54) is 0 Å². The standard InChI is InChI=1S/C4H8O2.K.Na.H/c1-2-3-4(5)6;;;/h2-3H2,1H3,(H,5,6);;;/q;+1;;/p-1. The molecule has 0 aromatic carbocycles. The summed E-state index contributed by atoms with van der Waals surface area (Å²) in [5.74, 6) is -0.961. The monoisotopic (exact) mass is 150 g/mol. The summed E-state index contributed by atoms with van der Waals surface area (Å²) in [4.78, 5) is 9.49. The number of carbonyl (C=O) groups excluding carboxylic acids is 1. The van der Waals surface area contributed by atoms with E-state index in [0.717, 1.165) is 0 Å². The van der Waals surface area contributed by atoms with Gasteiger partial charge in [0.15, 0.2) is 0 Å². The predicted octanol–water partition coefficient (Wildman–Crippen LogP) is -4.11. The van der Waals surface area contributed by atoms with Gasteiger partial charge in [-0.1, -0.05) is 13.3 Å². The van der Waals surface area contributed by atoms with Gasteiger partial charge in [-0.05, 0) is 6.42 Å². The Bertz CT molecular complexity index is 58.0. The van der Waals surface area contributed by atoms with Gasteiger partial charge in [0, 0.05) is 5.97 Å². The third kappa shape index (κ3) is 15.7. The molecule has 0 atom stereocenters. The third-order valence-electron chi connectivity index (χ3n) is 0.454. The minimum absolute atomic E-state index is 0. The van der Waals surface area contributed by atoms with Crippen molar-refractivity contribution in [3.63, 3.8) is 0 Å². The molecule has 38 valence electrons. The zero-order valence-electron chi connectivity index (χ0n) is 4.73. The normalized spacial score (nSPS) is 6.12. The Kier molecular flexibility index (Phi) is 24.6. The Labute approximate surface area is 114 Å². The molecule has 2 nitrogen and oxygen atoms in total. The van der Waals surface area contributed by atoms with Crippen LogP contribution in [0.15, 0.2) is 0 Å². The summed E-state index contributed by atoms with van der Waals surface area (Å²) < 4.78 is 0. The molecule has 0 aromatic heterocycles. The first kappa shape index (κ1) is 16.6. The molecule has 0 rings (SSSR count). The van der Waals surface area contributed by atoms with Gasteiger partial charge in [-0.15, -0.1) is 0 Å². The van der Waals surface area contributed by atoms with Crippen molar-refractivity contribution in [3.8, 4) is 0 Å². The summed E-state index contributed by atoms with van der Waals surface area (Å²) >= 11 is 0. The number of carboxylic acids is 1. The molecular weight excluding hydrogens is 142 g/mol. The Morgan fingerprint density at radius 2 is 2.00 bits per heavy atom. The number of carboxylic acid groups (broad SMARTS) is 1. The molecule has 0 fully saturated rings. The molecule has 0 spiro atoms. The van der Waals surface area contributed by atoms with Gasteiger partial charge in [0.2, 0.25) is 0 Å². The van der Waals surface area contributed by atoms with Gasteiger partial charge in [-0.3, -0.25) is 0 Å². The first-order chi connectivity index (χ1) is 2.77. The van der Waals surface area contributed by atoms with Gasteiger partial charge in [0.25, 0.3) is 0 Å². The molecule has 0 radical (unpaired) electrons. The van der Waals surface area contributed by atoms with Crippen LogP contribution in [-0.4, -0.2) is 35.5 Å². The van der Waals surface area contributed by atoms with E-state index in [0.29, 0.717) is 6.42 Å². The van der Waals surface area contributed by atoms with E-state index in [9.17, 15) is 9.90 Å². The van der Waals surface area contributed by atoms with Crippen LogP contribution in [0.5, 0.6) is 0 Å². The van der Waals surface area contributed by atoms with Crippen LogP contribution in [0, 0.1) is 0 Å². The number of carbonyl (C=O) groups is 1. The molecule has 0 bridgehead atoms. The van der Waals surface area contributed by atoms with Gasteiger partial charge in [0.1, 0.15) is 0 Å². The van der Waals surface area contributed by atoms with E-state index in [-0.39, 0.29) is 87.4 Å². The fourth-order valence-electron chi connectivity index (χ4n) is 0.204. The topological polar surface area (TPSA) is 40.1 Å². The second-order valence-electron chi connectivity index (χ2n) is 1.12. The Hall–Kier alpha value is 2.11. The van der Waals surface area contributed by atoms with Crippen molar-refractivity contribution < 1.29 is 61.3 Å². The van der Waals surface area contributed by atoms with E-state index >= 15 is 0 Å². The number of rotatable bonds is 2. The number of hydrogen-bond acceptors (Lipinski definition) is 2. The Morgan fingerprint density at radius 1 is 1.62 bits per heavy atom. The van der Waals surface area contributed by atoms with Gasteiger partial charge >= 0.3 is 80.9 Å². The van der Waals surface area contributed by atoms with Crippen LogP contribution < -0.4 is 56.5 Å². The van der Waals surface area contributed by atoms with Crippen molar-refractivity contribution in [1.29, 1.82) is 0 Å². The van der Waals surface area contributed by atoms with Crippen LogP contribution in [0.1, 0.15) is 19.8 Å². The van der Waals surface area contributed by atoms with Crippen molar-refractivity contribution >= 4 is 35.5 Å². The molecule has 0 N–H and O–H groups in total. The van der Waals surface area contributed by atoms with Crippen molar-refractivity contribution in [3.05, 3.63) is 0 Å². The summed E-state index contributed by atoms with van der Waals surface area (Å²) in [6.07, 6.45) is 0.850. The predicted molar refractivity (Wildman–Crippen MR) is 27.1 cm³/mol. The van der Waals surface area contributed by atoms with E-state index in [4.69, 9.17) is 0 Å². The Balaban J connectivity index is -0.000000125. The zero-order valence-corrected chi connectivity index (χ0v) is 7.85. The van der Waals surface area contributed by atoms with Gasteiger partial charge < -0.3 is 9.90 Å². The molecular formula is C4H8KNaO2. The van der Waals surface area contributed by atoms with Crippen molar-refractivity contribution in [2.75, 3.05) is 0 Å². The summed E-state index contributed by atoms with van der Waals surface area (Å²) in [6, 6.07) is 0. The SMILES string of the molecule is CCCC(=O)[O-].[K+].[NaH]. The van der Waals surface area contributed by atoms with Crippen LogP contribution in [0.2, 0.25) is 0 Å². The summed E-state index contributed by atoms with van der Waals surface area (Å²) in [6.45, 7) is 1.80. The second kappa shape index (κ2) is 11.8. The van der Waals surface area contributed by atoms with Gasteiger partial charge in [-0.25, -0.2) is 0 Å². The Morgan fingerprint density at radius 3 is 2.00 bits per heavy atom. The van der Waals surface area contributed by atoms with Crippen LogP contribution in [0.4, 0.5) is 0 Å². The molecule has 0 aliphatic rings. The minimum atomic E-state index is -0.961. The van der Waals surface area contributed by atoms with Crippen LogP contribution in [0.25, 0.3) is 0 Å². The molecule has 4 heteroatoms. The fraction of sp³-hybridized carbons (Fsp3) is 0.750. The van der Waals surface area contributed by atoms with Gasteiger partial charge in [0.05, 0.1) is 0 Å². The average Bonchev–Trinajstić information content (AvgIpc) is 1.35. The second-order valence-corrected chi connectivity index (χ2v) is 1.12. The molecule has 0 unspecified atom stereocenters. The van der Waals surface area contributed by atoms with Crippen LogP contribution in [-0.2, 0) is 4.79 Å². The molecule has 0 amide bonds. The molecule has 8 heavy (non-hydrogen) atoms. The molecule has 0 saturated heterocycles. The maximum atomic E-state index is 9.49. The van der Waals surface area contributed by atoms with Crippen LogP contribution in [0.3, 0.4) is 0 Å². The van der Waals surface area contributed by atoms with Crippen molar-refractivity contribution in [2.45, 2.75) is 19.8 Å². The molecule has 0 aliphatic heterocycles. The average molecular weight is 150 g/mol. The van der Waals surface area contributed by atoms with E-state index in [1.807, 2.05) is 0 Å². The summed E-state index contributed by atoms with van der Waals surface area (Å²) in [5, 5.41) is 9.49. The van der Waals surface area contributed by atoms with E-state index in [2.05, 4.69) is 0 Å². The van der Waals surface area contributed by atoms with Crippen LogP contribution >= 0.6 is 0 Å². The first-order valence-electron chi connectivity index (χ1n) is 1.97. The van der Waals surface area contributed by atoms with Crippen molar-refractivity contribution in [2.24, 2.45) is 0 Å². The number of hydrogen-bond donors (Lipinski definition) is 0. The maximum absolute atomic E-state index is 9.49. The van der Waals surface area contributed by atoms with E-state index < -0.39 is 5.97 Å². The zero-order chi connectivity index (χ0) is 4.99. The quantitative estimate of drug-likeness (QED) is 0.375.